The molecule has 0 spiro atoms. The summed E-state index contributed by atoms with van der Waals surface area (Å²) in [6.07, 6.45) is 0. The van der Waals surface area contributed by atoms with Gasteiger partial charge in [0, 0.05) is 10.1 Å². The van der Waals surface area contributed by atoms with Gasteiger partial charge in [-0.3, -0.25) is 0 Å². The first-order valence-corrected chi connectivity index (χ1v) is 7.59. The van der Waals surface area contributed by atoms with E-state index in [-0.39, 0.29) is 16.4 Å². The average Bonchev–Trinajstić information content (AvgIpc) is 2.86. The predicted molar refractivity (Wildman–Crippen MR) is 86.5 cm³/mol. The molecule has 0 unspecified atom stereocenters. The monoisotopic (exact) mass is 332 g/mol. The number of carboxylic acids is 1. The highest BCUT2D eigenvalue weighted by Crippen LogP contribution is 2.42. The van der Waals surface area contributed by atoms with Gasteiger partial charge in [-0.1, -0.05) is 0 Å². The molecule has 1 aromatic heterocycles. The van der Waals surface area contributed by atoms with Crippen molar-refractivity contribution in [2.75, 3.05) is 7.11 Å². The number of benzene rings is 2. The van der Waals surface area contributed by atoms with Gasteiger partial charge in [0.25, 0.3) is 0 Å². The van der Waals surface area contributed by atoms with E-state index in [1.54, 1.807) is 13.2 Å². The van der Waals surface area contributed by atoms with Gasteiger partial charge in [-0.2, -0.15) is 0 Å². The van der Waals surface area contributed by atoms with Crippen LogP contribution in [0.2, 0.25) is 0 Å². The van der Waals surface area contributed by atoms with Crippen molar-refractivity contribution in [1.29, 1.82) is 0 Å². The van der Waals surface area contributed by atoms with Gasteiger partial charge < -0.3 is 14.6 Å². The lowest BCUT2D eigenvalue weighted by Gasteiger charge is -2.08. The van der Waals surface area contributed by atoms with Gasteiger partial charge in [-0.05, 0) is 48.9 Å². The zero-order valence-electron chi connectivity index (χ0n) is 12.4. The van der Waals surface area contributed by atoms with E-state index in [4.69, 9.17) is 9.47 Å². The van der Waals surface area contributed by atoms with Crippen LogP contribution in [0.5, 0.6) is 17.2 Å². The number of hydrogen-bond donors (Lipinski definition) is 1. The maximum absolute atomic E-state index is 13.0. The summed E-state index contributed by atoms with van der Waals surface area (Å²) in [6.45, 7) is 1.89. The number of fused-ring (bicyclic) bond motifs is 1. The fraction of sp³-hybridized carbons (Fsp3) is 0.118. The lowest BCUT2D eigenvalue weighted by atomic mass is 10.1. The highest BCUT2D eigenvalue weighted by molar-refractivity contribution is 7.21. The Labute approximate surface area is 135 Å². The number of thiophene rings is 1. The number of aromatic carboxylic acids is 1. The third-order valence-electron chi connectivity index (χ3n) is 3.39. The van der Waals surface area contributed by atoms with E-state index >= 15 is 0 Å². The van der Waals surface area contributed by atoms with E-state index in [2.05, 4.69) is 0 Å². The summed E-state index contributed by atoms with van der Waals surface area (Å²) in [5.41, 5.74) is 0.909. The average molecular weight is 332 g/mol. The molecular weight excluding hydrogens is 319 g/mol. The minimum atomic E-state index is -1.07. The SMILES string of the molecule is COc1cc2c(Oc3ccc(F)cc3)c(C(=O)O)sc2cc1C. The number of carbonyl (C=O) groups is 1. The quantitative estimate of drug-likeness (QED) is 0.742. The van der Waals surface area contributed by atoms with Gasteiger partial charge in [0.1, 0.15) is 17.3 Å². The van der Waals surface area contributed by atoms with Gasteiger partial charge in [0.2, 0.25) is 0 Å². The van der Waals surface area contributed by atoms with Gasteiger partial charge >= 0.3 is 5.97 Å². The van der Waals surface area contributed by atoms with Crippen molar-refractivity contribution in [1.82, 2.24) is 0 Å². The Kier molecular flexibility index (Phi) is 3.92. The van der Waals surface area contributed by atoms with Crippen LogP contribution in [0.15, 0.2) is 36.4 Å². The summed E-state index contributed by atoms with van der Waals surface area (Å²) in [5, 5.41) is 10.1. The molecule has 1 heterocycles. The fourth-order valence-corrected chi connectivity index (χ4v) is 3.33. The summed E-state index contributed by atoms with van der Waals surface area (Å²) in [7, 11) is 1.55. The standard InChI is InChI=1S/C17H13FO4S/c1-9-7-14-12(8-13(9)21-2)15(16(23-14)17(19)20)22-11-5-3-10(18)4-6-11/h3-8H,1-2H3,(H,19,20). The van der Waals surface area contributed by atoms with Crippen molar-refractivity contribution < 1.29 is 23.8 Å². The normalized spacial score (nSPS) is 10.7. The summed E-state index contributed by atoms with van der Waals surface area (Å²) in [4.78, 5) is 11.6. The van der Waals surface area contributed by atoms with Crippen molar-refractivity contribution in [2.24, 2.45) is 0 Å². The second kappa shape index (κ2) is 5.89. The molecule has 118 valence electrons. The second-order valence-corrected chi connectivity index (χ2v) is 5.99. The Morgan fingerprint density at radius 2 is 1.91 bits per heavy atom. The molecule has 0 aliphatic rings. The molecular formula is C17H13FO4S. The molecule has 3 rings (SSSR count). The largest absolute Gasteiger partial charge is 0.496 e. The van der Waals surface area contributed by atoms with E-state index in [9.17, 15) is 14.3 Å². The number of rotatable bonds is 4. The first kappa shape index (κ1) is 15.3. The number of hydrogen-bond acceptors (Lipinski definition) is 4. The topological polar surface area (TPSA) is 55.8 Å². The minimum Gasteiger partial charge on any atom is -0.496 e. The molecule has 0 bridgehead atoms. The third-order valence-corrected chi connectivity index (χ3v) is 4.51. The molecule has 0 saturated carbocycles. The van der Waals surface area contributed by atoms with Crippen LogP contribution in [-0.4, -0.2) is 18.2 Å². The summed E-state index contributed by atoms with van der Waals surface area (Å²) < 4.78 is 24.8. The molecule has 6 heteroatoms. The Hall–Kier alpha value is -2.60. The van der Waals surface area contributed by atoms with E-state index in [0.29, 0.717) is 16.9 Å². The summed E-state index contributed by atoms with van der Waals surface area (Å²) >= 11 is 1.13. The zero-order chi connectivity index (χ0) is 16.6. The molecule has 0 radical (unpaired) electrons. The minimum absolute atomic E-state index is 0.0944. The van der Waals surface area contributed by atoms with Crippen LogP contribution in [0.3, 0.4) is 0 Å². The van der Waals surface area contributed by atoms with Crippen LogP contribution in [0.1, 0.15) is 15.2 Å². The fourth-order valence-electron chi connectivity index (χ4n) is 2.28. The number of carboxylic acid groups (broad SMARTS) is 1. The van der Waals surface area contributed by atoms with Gasteiger partial charge in [0.05, 0.1) is 7.11 Å². The number of aryl methyl sites for hydroxylation is 1. The van der Waals surface area contributed by atoms with Crippen LogP contribution in [0.25, 0.3) is 10.1 Å². The van der Waals surface area contributed by atoms with E-state index in [0.717, 1.165) is 21.6 Å². The van der Waals surface area contributed by atoms with Crippen LogP contribution in [-0.2, 0) is 0 Å². The molecule has 2 aromatic carbocycles. The molecule has 0 aliphatic heterocycles. The Balaban J connectivity index is 2.17. The van der Waals surface area contributed by atoms with Gasteiger partial charge in [-0.25, -0.2) is 9.18 Å². The first-order valence-electron chi connectivity index (χ1n) is 6.77. The lowest BCUT2D eigenvalue weighted by Crippen LogP contribution is -1.96. The number of ether oxygens (including phenoxy) is 2. The Bertz CT molecular complexity index is 884. The zero-order valence-corrected chi connectivity index (χ0v) is 13.2. The van der Waals surface area contributed by atoms with Crippen LogP contribution >= 0.6 is 11.3 Å². The third kappa shape index (κ3) is 2.85. The Morgan fingerprint density at radius 1 is 1.22 bits per heavy atom. The van der Waals surface area contributed by atoms with Crippen LogP contribution in [0, 0.1) is 12.7 Å². The van der Waals surface area contributed by atoms with Gasteiger partial charge in [-0.15, -0.1) is 11.3 Å². The molecule has 4 nitrogen and oxygen atoms in total. The first-order chi connectivity index (χ1) is 11.0. The smallest absolute Gasteiger partial charge is 0.349 e. The van der Waals surface area contributed by atoms with Gasteiger partial charge in [0.15, 0.2) is 10.6 Å². The Morgan fingerprint density at radius 3 is 2.52 bits per heavy atom. The molecule has 1 N–H and O–H groups in total. The molecule has 3 aromatic rings. The highest BCUT2D eigenvalue weighted by Gasteiger charge is 2.21. The molecule has 0 aliphatic carbocycles. The molecule has 0 amide bonds. The number of methoxy groups -OCH3 is 1. The second-order valence-electron chi connectivity index (χ2n) is 4.94. The van der Waals surface area contributed by atoms with Crippen molar-refractivity contribution in [3.8, 4) is 17.2 Å². The van der Waals surface area contributed by atoms with E-state index < -0.39 is 5.97 Å². The molecule has 0 saturated heterocycles. The van der Waals surface area contributed by atoms with Crippen LogP contribution < -0.4 is 9.47 Å². The van der Waals surface area contributed by atoms with Crippen molar-refractivity contribution in [3.05, 3.63) is 52.7 Å². The van der Waals surface area contributed by atoms with Crippen LogP contribution in [0.4, 0.5) is 4.39 Å². The maximum Gasteiger partial charge on any atom is 0.349 e. The maximum atomic E-state index is 13.0. The molecule has 23 heavy (non-hydrogen) atoms. The summed E-state index contributed by atoms with van der Waals surface area (Å²) in [5.74, 6) is -0.199. The molecule has 0 atom stereocenters. The number of halogens is 1. The van der Waals surface area contributed by atoms with E-state index in [1.807, 2.05) is 13.0 Å². The predicted octanol–water partition coefficient (Wildman–Crippen LogP) is 4.85. The van der Waals surface area contributed by atoms with E-state index in [1.165, 1.54) is 24.3 Å². The summed E-state index contributed by atoms with van der Waals surface area (Å²) in [6, 6.07) is 9.05. The highest BCUT2D eigenvalue weighted by atomic mass is 32.1. The van der Waals surface area contributed by atoms with Crippen molar-refractivity contribution in [2.45, 2.75) is 6.92 Å². The molecule has 0 fully saturated rings. The van der Waals surface area contributed by atoms with Crippen molar-refractivity contribution >= 4 is 27.4 Å². The lowest BCUT2D eigenvalue weighted by molar-refractivity contribution is 0.0700. The van der Waals surface area contributed by atoms with Crippen molar-refractivity contribution in [3.63, 3.8) is 0 Å².